The second-order valence-corrected chi connectivity index (χ2v) is 5.86. The number of hydrogen-bond acceptors (Lipinski definition) is 5. The number of halogens is 4. The summed E-state index contributed by atoms with van der Waals surface area (Å²) in [6, 6.07) is 8.65. The van der Waals surface area contributed by atoms with Gasteiger partial charge in [-0.05, 0) is 49.2 Å². The van der Waals surface area contributed by atoms with Crippen molar-refractivity contribution in [2.24, 2.45) is 5.10 Å². The van der Waals surface area contributed by atoms with Crippen LogP contribution in [0.1, 0.15) is 16.7 Å². The van der Waals surface area contributed by atoms with Crippen LogP contribution in [-0.2, 0) is 4.79 Å². The normalized spacial score (nSPS) is 11.2. The van der Waals surface area contributed by atoms with Gasteiger partial charge in [-0.2, -0.15) is 22.7 Å². The Morgan fingerprint density at radius 3 is 2.28 bits per heavy atom. The smallest absolute Gasteiger partial charge is 0.387 e. The molecule has 6 nitrogen and oxygen atoms in total. The number of benzene rings is 2. The third-order valence-electron chi connectivity index (χ3n) is 3.38. The molecular weight excluding hydrogens is 396 g/mol. The molecule has 29 heavy (non-hydrogen) atoms. The standard InChI is InChI=1S/C19H18F4N2O4/c1-11-5-12(2)7-15(6-11)27-10-17(26)25-24-9-13-3-4-14(28-18(20)21)8-16(13)29-19(22)23/h3-9,18-19H,10H2,1-2H3,(H,25,26)/b24-9-. The van der Waals surface area contributed by atoms with Crippen LogP contribution in [-0.4, -0.2) is 32.0 Å². The maximum atomic E-state index is 12.5. The summed E-state index contributed by atoms with van der Waals surface area (Å²) in [5.74, 6) is -0.875. The number of nitrogens with one attached hydrogen (secondary N) is 1. The Balaban J connectivity index is 1.97. The fourth-order valence-corrected chi connectivity index (χ4v) is 2.37. The van der Waals surface area contributed by atoms with E-state index in [0.717, 1.165) is 29.5 Å². The van der Waals surface area contributed by atoms with E-state index in [4.69, 9.17) is 4.74 Å². The quantitative estimate of drug-likeness (QED) is 0.382. The molecule has 1 amide bonds. The van der Waals surface area contributed by atoms with E-state index in [0.29, 0.717) is 5.75 Å². The summed E-state index contributed by atoms with van der Waals surface area (Å²) in [6.07, 6.45) is 1.03. The van der Waals surface area contributed by atoms with Crippen LogP contribution in [0.3, 0.4) is 0 Å². The molecule has 0 aliphatic carbocycles. The third-order valence-corrected chi connectivity index (χ3v) is 3.38. The summed E-state index contributed by atoms with van der Waals surface area (Å²) < 4.78 is 63.3. The molecule has 156 valence electrons. The van der Waals surface area contributed by atoms with Gasteiger partial charge in [0.2, 0.25) is 0 Å². The highest BCUT2D eigenvalue weighted by Gasteiger charge is 2.12. The lowest BCUT2D eigenvalue weighted by molar-refractivity contribution is -0.123. The number of alkyl halides is 4. The summed E-state index contributed by atoms with van der Waals surface area (Å²) in [5.41, 5.74) is 4.14. The number of nitrogens with zero attached hydrogens (tertiary/aromatic N) is 1. The minimum atomic E-state index is -3.19. The van der Waals surface area contributed by atoms with Crippen molar-refractivity contribution >= 4 is 12.1 Å². The SMILES string of the molecule is Cc1cc(C)cc(OCC(=O)N/N=C\c2ccc(OC(F)F)cc2OC(F)F)c1. The molecule has 2 rings (SSSR count). The molecule has 10 heteroatoms. The van der Waals surface area contributed by atoms with E-state index >= 15 is 0 Å². The van der Waals surface area contributed by atoms with Gasteiger partial charge in [0.15, 0.2) is 6.61 Å². The largest absolute Gasteiger partial charge is 0.484 e. The Hall–Kier alpha value is -3.30. The van der Waals surface area contributed by atoms with E-state index in [1.807, 2.05) is 19.9 Å². The van der Waals surface area contributed by atoms with E-state index in [1.54, 1.807) is 12.1 Å². The number of carbonyl (C=O) groups is 1. The van der Waals surface area contributed by atoms with Gasteiger partial charge >= 0.3 is 13.2 Å². The predicted molar refractivity (Wildman–Crippen MR) is 96.9 cm³/mol. The molecule has 0 bridgehead atoms. The number of ether oxygens (including phenoxy) is 3. The van der Waals surface area contributed by atoms with Gasteiger partial charge in [-0.25, -0.2) is 5.43 Å². The first-order valence-corrected chi connectivity index (χ1v) is 8.29. The average Bonchev–Trinajstić information content (AvgIpc) is 2.60. The highest BCUT2D eigenvalue weighted by Crippen LogP contribution is 2.26. The number of rotatable bonds is 9. The van der Waals surface area contributed by atoms with E-state index in [-0.39, 0.29) is 17.9 Å². The number of carbonyl (C=O) groups excluding carboxylic acids is 1. The molecule has 0 saturated heterocycles. The molecule has 0 unspecified atom stereocenters. The van der Waals surface area contributed by atoms with Crippen LogP contribution >= 0.6 is 0 Å². The third kappa shape index (κ3) is 7.68. The van der Waals surface area contributed by atoms with Crippen molar-refractivity contribution in [1.82, 2.24) is 5.43 Å². The van der Waals surface area contributed by atoms with Crippen LogP contribution in [0, 0.1) is 13.8 Å². The lowest BCUT2D eigenvalue weighted by atomic mass is 10.1. The van der Waals surface area contributed by atoms with Crippen molar-refractivity contribution in [3.63, 3.8) is 0 Å². The van der Waals surface area contributed by atoms with Gasteiger partial charge in [-0.3, -0.25) is 4.79 Å². The number of hydrogen-bond donors (Lipinski definition) is 1. The van der Waals surface area contributed by atoms with Crippen molar-refractivity contribution in [3.05, 3.63) is 53.1 Å². The van der Waals surface area contributed by atoms with Crippen LogP contribution in [0.2, 0.25) is 0 Å². The lowest BCUT2D eigenvalue weighted by Gasteiger charge is -2.11. The van der Waals surface area contributed by atoms with Crippen molar-refractivity contribution in [3.8, 4) is 17.2 Å². The zero-order chi connectivity index (χ0) is 21.4. The van der Waals surface area contributed by atoms with E-state index in [9.17, 15) is 22.4 Å². The first-order valence-electron chi connectivity index (χ1n) is 8.29. The number of hydrazone groups is 1. The van der Waals surface area contributed by atoms with Crippen molar-refractivity contribution in [2.45, 2.75) is 27.1 Å². The highest BCUT2D eigenvalue weighted by atomic mass is 19.3. The molecule has 2 aromatic rings. The average molecular weight is 414 g/mol. The summed E-state index contributed by atoms with van der Waals surface area (Å²) in [5, 5.41) is 3.63. The van der Waals surface area contributed by atoms with Crippen LogP contribution in [0.15, 0.2) is 41.5 Å². The Labute approximate surface area is 164 Å². The minimum absolute atomic E-state index is 0.0162. The summed E-state index contributed by atoms with van der Waals surface area (Å²) >= 11 is 0. The summed E-state index contributed by atoms with van der Waals surface area (Å²) in [4.78, 5) is 11.8. The van der Waals surface area contributed by atoms with Gasteiger partial charge in [0.1, 0.15) is 17.2 Å². The van der Waals surface area contributed by atoms with Crippen LogP contribution in [0.25, 0.3) is 0 Å². The number of amides is 1. The van der Waals surface area contributed by atoms with Crippen molar-refractivity contribution < 1.29 is 36.6 Å². The van der Waals surface area contributed by atoms with Crippen molar-refractivity contribution in [2.75, 3.05) is 6.61 Å². The van der Waals surface area contributed by atoms with E-state index < -0.39 is 24.9 Å². The van der Waals surface area contributed by atoms with E-state index in [1.165, 1.54) is 6.07 Å². The number of aryl methyl sites for hydroxylation is 2. The minimum Gasteiger partial charge on any atom is -0.484 e. The monoisotopic (exact) mass is 414 g/mol. The maximum Gasteiger partial charge on any atom is 0.387 e. The summed E-state index contributed by atoms with van der Waals surface area (Å²) in [7, 11) is 0. The molecular formula is C19H18F4N2O4. The Morgan fingerprint density at radius 1 is 1.00 bits per heavy atom. The fraction of sp³-hybridized carbons (Fsp3) is 0.263. The molecule has 0 heterocycles. The molecule has 0 radical (unpaired) electrons. The second kappa shape index (κ2) is 10.3. The van der Waals surface area contributed by atoms with Gasteiger partial charge < -0.3 is 14.2 Å². The fourth-order valence-electron chi connectivity index (χ4n) is 2.37. The van der Waals surface area contributed by atoms with Gasteiger partial charge in [0.05, 0.1) is 6.21 Å². The molecule has 1 N–H and O–H groups in total. The van der Waals surface area contributed by atoms with Crippen LogP contribution in [0.4, 0.5) is 17.6 Å². The zero-order valence-electron chi connectivity index (χ0n) is 15.5. The zero-order valence-corrected chi connectivity index (χ0v) is 15.5. The van der Waals surface area contributed by atoms with Gasteiger partial charge in [-0.15, -0.1) is 0 Å². The lowest BCUT2D eigenvalue weighted by Crippen LogP contribution is -2.24. The first kappa shape index (κ1) is 22.0. The molecule has 0 aliphatic rings. The van der Waals surface area contributed by atoms with E-state index in [2.05, 4.69) is 20.0 Å². The molecule has 0 aliphatic heterocycles. The molecule has 2 aromatic carbocycles. The topological polar surface area (TPSA) is 69.2 Å². The Bertz CT molecular complexity index is 855. The molecule has 0 fully saturated rings. The molecule has 0 saturated carbocycles. The molecule has 0 aromatic heterocycles. The highest BCUT2D eigenvalue weighted by molar-refractivity contribution is 5.85. The van der Waals surface area contributed by atoms with Gasteiger partial charge in [-0.1, -0.05) is 6.07 Å². The van der Waals surface area contributed by atoms with Gasteiger partial charge in [0, 0.05) is 11.6 Å². The predicted octanol–water partition coefficient (Wildman–Crippen LogP) is 4.04. The second-order valence-electron chi connectivity index (χ2n) is 5.86. The van der Waals surface area contributed by atoms with Gasteiger partial charge in [0.25, 0.3) is 5.91 Å². The van der Waals surface area contributed by atoms with Crippen molar-refractivity contribution in [1.29, 1.82) is 0 Å². The first-order chi connectivity index (χ1) is 13.7. The van der Waals surface area contributed by atoms with Crippen LogP contribution in [0.5, 0.6) is 17.2 Å². The molecule has 0 atom stereocenters. The maximum absolute atomic E-state index is 12.5. The Morgan fingerprint density at radius 2 is 1.66 bits per heavy atom. The van der Waals surface area contributed by atoms with Crippen LogP contribution < -0.4 is 19.6 Å². The Kier molecular flexibility index (Phi) is 7.81. The molecule has 0 spiro atoms. The summed E-state index contributed by atoms with van der Waals surface area (Å²) in [6.45, 7) is -2.85.